The molecule has 3 aliphatic rings. The van der Waals surface area contributed by atoms with E-state index in [1.54, 1.807) is 6.07 Å². The summed E-state index contributed by atoms with van der Waals surface area (Å²) >= 11 is 0. The number of nitrogens with zero attached hydrogens (tertiary/aromatic N) is 3. The van der Waals surface area contributed by atoms with Gasteiger partial charge in [0.05, 0.1) is 6.26 Å². The van der Waals surface area contributed by atoms with Crippen molar-refractivity contribution in [1.82, 2.24) is 9.21 Å². The minimum atomic E-state index is -4.69. The maximum atomic E-state index is 12.3. The van der Waals surface area contributed by atoms with E-state index in [0.29, 0.717) is 55.5 Å². The molecule has 2 unspecified atom stereocenters. The van der Waals surface area contributed by atoms with Gasteiger partial charge in [-0.25, -0.2) is 8.42 Å². The van der Waals surface area contributed by atoms with E-state index in [1.165, 1.54) is 28.8 Å². The average molecular weight is 418 g/mol. The molecular formula is C18H23F3N3O3S-. The molecule has 10 heteroatoms. The van der Waals surface area contributed by atoms with Gasteiger partial charge in [0.2, 0.25) is 10.0 Å². The van der Waals surface area contributed by atoms with Gasteiger partial charge in [-0.15, -0.1) is 26.3 Å². The summed E-state index contributed by atoms with van der Waals surface area (Å²) in [6.45, 7) is 4.24. The number of fused-ring (bicyclic) bond motifs is 1. The smallest absolute Gasteiger partial charge is 0.573 e. The van der Waals surface area contributed by atoms with Crippen molar-refractivity contribution in [2.45, 2.75) is 18.9 Å². The van der Waals surface area contributed by atoms with Crippen LogP contribution in [0.15, 0.2) is 24.3 Å². The number of piperidine rings is 1. The summed E-state index contributed by atoms with van der Waals surface area (Å²) in [5, 5.41) is 4.53. The molecule has 1 saturated carbocycles. The highest BCUT2D eigenvalue weighted by atomic mass is 32.2. The number of halogens is 3. The van der Waals surface area contributed by atoms with E-state index in [9.17, 15) is 21.6 Å². The van der Waals surface area contributed by atoms with E-state index >= 15 is 0 Å². The lowest BCUT2D eigenvalue weighted by Gasteiger charge is -2.43. The highest BCUT2D eigenvalue weighted by Crippen LogP contribution is 2.53. The SMILES string of the molecule is CS(=O)(=O)N1CC(N2CC3C(C[N-]Cc4cccc(OC(F)(F)F)c4)C3C2)C1. The first-order valence-electron chi connectivity index (χ1n) is 9.27. The van der Waals surface area contributed by atoms with Gasteiger partial charge in [-0.2, -0.15) is 4.31 Å². The minimum Gasteiger partial charge on any atom is -0.658 e. The van der Waals surface area contributed by atoms with Gasteiger partial charge in [0.1, 0.15) is 5.75 Å². The van der Waals surface area contributed by atoms with Crippen molar-refractivity contribution in [3.63, 3.8) is 0 Å². The van der Waals surface area contributed by atoms with Crippen LogP contribution in [0.1, 0.15) is 5.56 Å². The van der Waals surface area contributed by atoms with Crippen molar-refractivity contribution in [3.8, 4) is 5.75 Å². The van der Waals surface area contributed by atoms with E-state index in [2.05, 4.69) is 15.0 Å². The van der Waals surface area contributed by atoms with Crippen LogP contribution in [0.2, 0.25) is 0 Å². The number of sulfonamides is 1. The Balaban J connectivity index is 1.17. The van der Waals surface area contributed by atoms with Crippen LogP contribution < -0.4 is 4.74 Å². The summed E-state index contributed by atoms with van der Waals surface area (Å²) in [5.74, 6) is 1.53. The zero-order chi connectivity index (χ0) is 20.1. The Labute approximate surface area is 162 Å². The predicted molar refractivity (Wildman–Crippen MR) is 97.3 cm³/mol. The lowest BCUT2D eigenvalue weighted by atomic mass is 10.1. The number of ether oxygens (including phenoxy) is 1. The third kappa shape index (κ3) is 4.45. The minimum absolute atomic E-state index is 0.220. The Morgan fingerprint density at radius 2 is 1.86 bits per heavy atom. The zero-order valence-electron chi connectivity index (χ0n) is 15.5. The summed E-state index contributed by atoms with van der Waals surface area (Å²) in [6, 6.07) is 6.26. The predicted octanol–water partition coefficient (Wildman–Crippen LogP) is 2.28. The summed E-state index contributed by atoms with van der Waals surface area (Å²) in [6.07, 6.45) is -3.45. The molecule has 2 atom stereocenters. The second-order valence-corrected chi connectivity index (χ2v) is 9.92. The van der Waals surface area contributed by atoms with Crippen LogP contribution in [0, 0.1) is 17.8 Å². The van der Waals surface area contributed by atoms with E-state index in [-0.39, 0.29) is 5.75 Å². The van der Waals surface area contributed by atoms with Gasteiger partial charge in [0.15, 0.2) is 0 Å². The van der Waals surface area contributed by atoms with E-state index < -0.39 is 16.4 Å². The molecule has 0 bridgehead atoms. The van der Waals surface area contributed by atoms with Crippen LogP contribution in [0.4, 0.5) is 13.2 Å². The van der Waals surface area contributed by atoms with E-state index in [1.807, 2.05) is 0 Å². The molecule has 2 heterocycles. The molecule has 0 N–H and O–H groups in total. The summed E-state index contributed by atoms with van der Waals surface area (Å²) in [7, 11) is -3.07. The molecule has 0 radical (unpaired) electrons. The molecule has 1 aromatic rings. The van der Waals surface area contributed by atoms with Crippen LogP contribution in [0.25, 0.3) is 5.32 Å². The standard InChI is InChI=1S/C18H23F3N3O3S/c1-28(25,26)24-8-13(9-24)23-10-16-15(17(16)11-23)7-22-6-12-3-2-4-14(5-12)27-18(19,20)21/h2-5,13,15-17H,6-11H2,1H3/q-1. The average Bonchev–Trinajstić information content (AvgIpc) is 2.95. The molecule has 6 nitrogen and oxygen atoms in total. The number of alkyl halides is 3. The Morgan fingerprint density at radius 1 is 1.18 bits per heavy atom. The number of hydrogen-bond acceptors (Lipinski definition) is 4. The molecule has 0 aromatic heterocycles. The maximum Gasteiger partial charge on any atom is 0.573 e. The van der Waals surface area contributed by atoms with Gasteiger partial charge in [0, 0.05) is 32.2 Å². The van der Waals surface area contributed by atoms with Crippen LogP contribution in [0.5, 0.6) is 5.75 Å². The van der Waals surface area contributed by atoms with Crippen molar-refractivity contribution >= 4 is 10.0 Å². The quantitative estimate of drug-likeness (QED) is 0.682. The van der Waals surface area contributed by atoms with E-state index in [4.69, 9.17) is 0 Å². The molecule has 3 fully saturated rings. The molecular weight excluding hydrogens is 395 g/mol. The van der Waals surface area contributed by atoms with Crippen molar-refractivity contribution in [2.24, 2.45) is 17.8 Å². The topological polar surface area (TPSA) is 64.0 Å². The Bertz CT molecular complexity index is 815. The fourth-order valence-corrected chi connectivity index (χ4v) is 5.24. The molecule has 1 aromatic carbocycles. The highest BCUT2D eigenvalue weighted by molar-refractivity contribution is 7.88. The number of rotatable bonds is 7. The fourth-order valence-electron chi connectivity index (χ4n) is 4.35. The molecule has 156 valence electrons. The number of likely N-dealkylation sites (tertiary alicyclic amines) is 1. The Kier molecular flexibility index (Phi) is 5.09. The zero-order valence-corrected chi connectivity index (χ0v) is 16.3. The van der Waals surface area contributed by atoms with Crippen molar-refractivity contribution in [2.75, 3.05) is 39.0 Å². The molecule has 0 spiro atoms. The largest absolute Gasteiger partial charge is 0.658 e. The molecule has 2 aliphatic heterocycles. The van der Waals surface area contributed by atoms with Gasteiger partial charge in [-0.1, -0.05) is 23.6 Å². The second-order valence-electron chi connectivity index (χ2n) is 7.94. The Hall–Kier alpha value is -1.36. The third-order valence-electron chi connectivity index (χ3n) is 5.98. The van der Waals surface area contributed by atoms with Gasteiger partial charge in [-0.3, -0.25) is 4.90 Å². The van der Waals surface area contributed by atoms with E-state index in [0.717, 1.165) is 13.1 Å². The van der Waals surface area contributed by atoms with Crippen LogP contribution >= 0.6 is 0 Å². The van der Waals surface area contributed by atoms with Gasteiger partial charge < -0.3 is 10.1 Å². The number of benzene rings is 1. The summed E-state index contributed by atoms with van der Waals surface area (Å²) in [5.41, 5.74) is 0.699. The van der Waals surface area contributed by atoms with Crippen molar-refractivity contribution in [3.05, 3.63) is 35.1 Å². The normalized spacial score (nSPS) is 28.8. The third-order valence-corrected chi connectivity index (χ3v) is 7.22. The van der Waals surface area contributed by atoms with Crippen LogP contribution in [-0.2, 0) is 16.6 Å². The monoisotopic (exact) mass is 418 g/mol. The molecule has 1 aliphatic carbocycles. The van der Waals surface area contributed by atoms with Crippen LogP contribution in [0.3, 0.4) is 0 Å². The Morgan fingerprint density at radius 3 is 2.46 bits per heavy atom. The summed E-state index contributed by atoms with van der Waals surface area (Å²) < 4.78 is 65.2. The maximum absolute atomic E-state index is 12.3. The summed E-state index contributed by atoms with van der Waals surface area (Å²) in [4.78, 5) is 2.38. The van der Waals surface area contributed by atoms with Gasteiger partial charge in [-0.05, 0) is 24.0 Å². The van der Waals surface area contributed by atoms with Gasteiger partial charge in [0.25, 0.3) is 0 Å². The van der Waals surface area contributed by atoms with Gasteiger partial charge >= 0.3 is 6.36 Å². The molecule has 0 amide bonds. The first kappa shape index (κ1) is 19.9. The lowest BCUT2D eigenvalue weighted by Crippen LogP contribution is -2.60. The highest BCUT2D eigenvalue weighted by Gasteiger charge is 2.55. The van der Waals surface area contributed by atoms with Crippen molar-refractivity contribution in [1.29, 1.82) is 0 Å². The first-order chi connectivity index (χ1) is 13.1. The van der Waals surface area contributed by atoms with Crippen molar-refractivity contribution < 1.29 is 26.3 Å². The van der Waals surface area contributed by atoms with Crippen LogP contribution in [-0.4, -0.2) is 69.0 Å². The molecule has 28 heavy (non-hydrogen) atoms. The number of hydrogen-bond donors (Lipinski definition) is 0. The molecule has 2 saturated heterocycles. The fraction of sp³-hybridized carbons (Fsp3) is 0.667. The second kappa shape index (κ2) is 7.16. The lowest BCUT2D eigenvalue weighted by molar-refractivity contribution is -0.274. The molecule has 4 rings (SSSR count). The first-order valence-corrected chi connectivity index (χ1v) is 11.1.